The van der Waals surface area contributed by atoms with Gasteiger partial charge in [0.2, 0.25) is 0 Å². The maximum atomic E-state index is 5.90. The van der Waals surface area contributed by atoms with Gasteiger partial charge in [0.25, 0.3) is 0 Å². The average molecular weight is 272 g/mol. The SMILES string of the molecule is CSC1(SC)CC(OCc2ccccc2)C1.O. The highest BCUT2D eigenvalue weighted by Gasteiger charge is 2.43. The zero-order valence-corrected chi connectivity index (χ0v) is 11.9. The number of hydrogen-bond donors (Lipinski definition) is 0. The maximum Gasteiger partial charge on any atom is 0.0720 e. The molecule has 0 amide bonds. The lowest BCUT2D eigenvalue weighted by Crippen LogP contribution is -2.42. The molecule has 0 unspecified atom stereocenters. The second-order valence-electron chi connectivity index (χ2n) is 4.15. The summed E-state index contributed by atoms with van der Waals surface area (Å²) in [6.45, 7) is 0.754. The minimum Gasteiger partial charge on any atom is -0.412 e. The van der Waals surface area contributed by atoms with Gasteiger partial charge in [0.1, 0.15) is 0 Å². The van der Waals surface area contributed by atoms with Crippen LogP contribution in [0.15, 0.2) is 30.3 Å². The Hall–Kier alpha value is -0.160. The van der Waals surface area contributed by atoms with Crippen LogP contribution in [0.3, 0.4) is 0 Å². The molecule has 2 N–H and O–H groups in total. The standard InChI is InChI=1S/C13H18OS2.H2O/c1-15-13(16-2)8-12(9-13)14-10-11-6-4-3-5-7-11;/h3-7,12H,8-10H2,1-2H3;1H2. The monoisotopic (exact) mass is 272 g/mol. The van der Waals surface area contributed by atoms with Gasteiger partial charge in [-0.3, -0.25) is 0 Å². The van der Waals surface area contributed by atoms with Crippen LogP contribution in [0.25, 0.3) is 0 Å². The first-order valence-corrected chi connectivity index (χ1v) is 7.99. The van der Waals surface area contributed by atoms with Crippen molar-refractivity contribution in [1.29, 1.82) is 0 Å². The molecule has 2 nitrogen and oxygen atoms in total. The predicted molar refractivity (Wildman–Crippen MR) is 77.6 cm³/mol. The van der Waals surface area contributed by atoms with Crippen LogP contribution in [0.5, 0.6) is 0 Å². The molecule has 1 saturated carbocycles. The van der Waals surface area contributed by atoms with Gasteiger partial charge in [-0.1, -0.05) is 30.3 Å². The first kappa shape index (κ1) is 14.9. The largest absolute Gasteiger partial charge is 0.412 e. The smallest absolute Gasteiger partial charge is 0.0720 e. The van der Waals surface area contributed by atoms with Crippen LogP contribution in [-0.4, -0.2) is 28.2 Å². The molecule has 1 aromatic rings. The van der Waals surface area contributed by atoms with Gasteiger partial charge in [-0.15, -0.1) is 23.5 Å². The fourth-order valence-corrected chi connectivity index (χ4v) is 4.03. The summed E-state index contributed by atoms with van der Waals surface area (Å²) in [5.74, 6) is 0. The van der Waals surface area contributed by atoms with Crippen LogP contribution in [-0.2, 0) is 11.3 Å². The third kappa shape index (κ3) is 3.65. The van der Waals surface area contributed by atoms with E-state index in [4.69, 9.17) is 4.74 Å². The van der Waals surface area contributed by atoms with E-state index in [1.54, 1.807) is 0 Å². The molecule has 0 atom stereocenters. The first-order valence-electron chi connectivity index (χ1n) is 5.54. The summed E-state index contributed by atoms with van der Waals surface area (Å²) in [6, 6.07) is 10.4. The summed E-state index contributed by atoms with van der Waals surface area (Å²) in [7, 11) is 0. The van der Waals surface area contributed by atoms with Crippen molar-refractivity contribution in [2.24, 2.45) is 0 Å². The molecule has 1 aliphatic carbocycles. The van der Waals surface area contributed by atoms with Gasteiger partial charge >= 0.3 is 0 Å². The summed E-state index contributed by atoms with van der Waals surface area (Å²) in [5, 5.41) is 0. The second kappa shape index (κ2) is 6.69. The maximum absolute atomic E-state index is 5.90. The number of benzene rings is 1. The van der Waals surface area contributed by atoms with E-state index in [0.717, 1.165) is 6.61 Å². The molecular weight excluding hydrogens is 252 g/mol. The fraction of sp³-hybridized carbons (Fsp3) is 0.538. The molecule has 0 radical (unpaired) electrons. The van der Waals surface area contributed by atoms with Crippen molar-refractivity contribution in [3.63, 3.8) is 0 Å². The lowest BCUT2D eigenvalue weighted by Gasteiger charge is -2.45. The molecule has 96 valence electrons. The number of ether oxygens (including phenoxy) is 1. The van der Waals surface area contributed by atoms with Crippen LogP contribution in [0.2, 0.25) is 0 Å². The van der Waals surface area contributed by atoms with Crippen LogP contribution in [0, 0.1) is 0 Å². The summed E-state index contributed by atoms with van der Waals surface area (Å²) in [6.07, 6.45) is 7.22. The van der Waals surface area contributed by atoms with Crippen molar-refractivity contribution in [2.45, 2.75) is 29.6 Å². The van der Waals surface area contributed by atoms with E-state index in [-0.39, 0.29) is 5.48 Å². The van der Waals surface area contributed by atoms with Crippen molar-refractivity contribution in [3.8, 4) is 0 Å². The van der Waals surface area contributed by atoms with E-state index in [9.17, 15) is 0 Å². The highest BCUT2D eigenvalue weighted by Crippen LogP contribution is 2.51. The second-order valence-corrected chi connectivity index (χ2v) is 6.78. The lowest BCUT2D eigenvalue weighted by molar-refractivity contribution is -0.0108. The first-order chi connectivity index (χ1) is 7.78. The van der Waals surface area contributed by atoms with Gasteiger partial charge in [0.15, 0.2) is 0 Å². The number of thioether (sulfide) groups is 2. The zero-order valence-electron chi connectivity index (χ0n) is 10.3. The van der Waals surface area contributed by atoms with Crippen LogP contribution >= 0.6 is 23.5 Å². The number of rotatable bonds is 5. The minimum absolute atomic E-state index is 0. The number of hydrogen-bond acceptors (Lipinski definition) is 3. The highest BCUT2D eigenvalue weighted by atomic mass is 32.2. The highest BCUT2D eigenvalue weighted by molar-refractivity contribution is 8.17. The summed E-state index contributed by atoms with van der Waals surface area (Å²) in [4.78, 5) is 0. The van der Waals surface area contributed by atoms with Crippen molar-refractivity contribution in [2.75, 3.05) is 12.5 Å². The Kier molecular flexibility index (Phi) is 5.86. The normalized spacial score (nSPS) is 18.2. The van der Waals surface area contributed by atoms with Gasteiger partial charge in [0.05, 0.1) is 16.8 Å². The Morgan fingerprint density at radius 1 is 1.18 bits per heavy atom. The topological polar surface area (TPSA) is 40.7 Å². The zero-order chi connectivity index (χ0) is 11.4. The quantitative estimate of drug-likeness (QED) is 0.774. The molecule has 0 aromatic heterocycles. The van der Waals surface area contributed by atoms with E-state index < -0.39 is 0 Å². The van der Waals surface area contributed by atoms with Crippen molar-refractivity contribution < 1.29 is 10.2 Å². The van der Waals surface area contributed by atoms with E-state index >= 15 is 0 Å². The molecule has 1 aromatic carbocycles. The molecular formula is C13H20O2S2. The van der Waals surface area contributed by atoms with Crippen molar-refractivity contribution in [1.82, 2.24) is 0 Å². The van der Waals surface area contributed by atoms with Crippen LogP contribution < -0.4 is 0 Å². The van der Waals surface area contributed by atoms with E-state index in [1.807, 2.05) is 29.6 Å². The molecule has 0 heterocycles. The molecule has 2 rings (SSSR count). The Bertz CT molecular complexity index is 317. The Labute approximate surface area is 112 Å². The Balaban J connectivity index is 0.00000144. The van der Waals surface area contributed by atoms with Gasteiger partial charge in [-0.2, -0.15) is 0 Å². The van der Waals surface area contributed by atoms with Gasteiger partial charge in [-0.05, 0) is 30.9 Å². The van der Waals surface area contributed by atoms with Gasteiger partial charge < -0.3 is 10.2 Å². The lowest BCUT2D eigenvalue weighted by atomic mass is 9.94. The summed E-state index contributed by atoms with van der Waals surface area (Å²) < 4.78 is 6.33. The van der Waals surface area contributed by atoms with Gasteiger partial charge in [-0.25, -0.2) is 0 Å². The molecule has 0 spiro atoms. The average Bonchev–Trinajstić information content (AvgIpc) is 2.30. The summed E-state index contributed by atoms with van der Waals surface area (Å²) in [5.41, 5.74) is 1.27. The van der Waals surface area contributed by atoms with Crippen molar-refractivity contribution >= 4 is 23.5 Å². The fourth-order valence-electron chi connectivity index (χ4n) is 1.96. The summed E-state index contributed by atoms with van der Waals surface area (Å²) >= 11 is 3.93. The third-order valence-electron chi connectivity index (χ3n) is 3.15. The Morgan fingerprint density at radius 3 is 2.29 bits per heavy atom. The molecule has 0 bridgehead atoms. The molecule has 4 heteroatoms. The van der Waals surface area contributed by atoms with E-state index in [0.29, 0.717) is 10.2 Å². The molecule has 17 heavy (non-hydrogen) atoms. The molecule has 0 saturated heterocycles. The van der Waals surface area contributed by atoms with Crippen molar-refractivity contribution in [3.05, 3.63) is 35.9 Å². The Morgan fingerprint density at radius 2 is 1.76 bits per heavy atom. The third-order valence-corrected chi connectivity index (χ3v) is 6.30. The predicted octanol–water partition coefficient (Wildman–Crippen LogP) is 2.96. The van der Waals surface area contributed by atoms with E-state index in [2.05, 4.69) is 36.8 Å². The van der Waals surface area contributed by atoms with Crippen LogP contribution in [0.4, 0.5) is 0 Å². The van der Waals surface area contributed by atoms with E-state index in [1.165, 1.54) is 18.4 Å². The minimum atomic E-state index is 0. The molecule has 1 aliphatic rings. The van der Waals surface area contributed by atoms with Crippen LogP contribution in [0.1, 0.15) is 18.4 Å². The molecule has 1 fully saturated rings. The molecule has 0 aliphatic heterocycles. The van der Waals surface area contributed by atoms with Gasteiger partial charge in [0, 0.05) is 0 Å².